The fraction of sp³-hybridized carbons (Fsp3) is 0.625. The molecule has 1 amide bonds. The van der Waals surface area contributed by atoms with Gasteiger partial charge in [0.05, 0.1) is 12.4 Å². The Kier molecular flexibility index (Phi) is 6.74. The van der Waals surface area contributed by atoms with E-state index in [1.165, 1.54) is 27.0 Å². The number of hydrogen-bond acceptors (Lipinski definition) is 6. The van der Waals surface area contributed by atoms with Crippen LogP contribution in [-0.2, 0) is 19.4 Å². The Morgan fingerprint density at radius 2 is 2.08 bits per heavy atom. The monoisotopic (exact) mass is 358 g/mol. The first kappa shape index (κ1) is 20.4. The first-order valence-electron chi connectivity index (χ1n) is 7.68. The number of ether oxygens (including phenoxy) is 1. The minimum Gasteiger partial charge on any atom is -0.380 e. The van der Waals surface area contributed by atoms with Gasteiger partial charge in [-0.2, -0.15) is 0 Å². The summed E-state index contributed by atoms with van der Waals surface area (Å²) in [5.74, 6) is 0.0544. The summed E-state index contributed by atoms with van der Waals surface area (Å²) in [4.78, 5) is 12.4. The number of methoxy groups -OCH3 is 1. The number of sulfone groups is 1. The summed E-state index contributed by atoms with van der Waals surface area (Å²) >= 11 is 0. The number of nitrogens with one attached hydrogen (secondary N) is 1. The minimum atomic E-state index is -3.60. The molecule has 8 heteroatoms. The van der Waals surface area contributed by atoms with E-state index < -0.39 is 20.5 Å². The van der Waals surface area contributed by atoms with Crippen LogP contribution >= 0.6 is 0 Å². The van der Waals surface area contributed by atoms with Crippen molar-refractivity contribution in [1.82, 2.24) is 5.16 Å². The number of nitrogens with zero attached hydrogens (tertiary/aromatic N) is 1. The van der Waals surface area contributed by atoms with Gasteiger partial charge in [-0.25, -0.2) is 8.42 Å². The van der Waals surface area contributed by atoms with Crippen LogP contribution in [-0.4, -0.2) is 43.7 Å². The summed E-state index contributed by atoms with van der Waals surface area (Å²) in [5, 5.41) is 6.20. The fourth-order valence-corrected chi connectivity index (χ4v) is 3.43. The lowest BCUT2D eigenvalue weighted by Crippen LogP contribution is -2.45. The second-order valence-electron chi connectivity index (χ2n) is 6.58. The van der Waals surface area contributed by atoms with Crippen LogP contribution in [0.5, 0.6) is 0 Å². The van der Waals surface area contributed by atoms with Crippen molar-refractivity contribution in [2.75, 3.05) is 24.8 Å². The minimum absolute atomic E-state index is 0.0419. The fourth-order valence-electron chi connectivity index (χ4n) is 1.80. The van der Waals surface area contributed by atoms with E-state index in [4.69, 9.17) is 9.26 Å². The predicted molar refractivity (Wildman–Crippen MR) is 93.4 cm³/mol. The van der Waals surface area contributed by atoms with E-state index in [9.17, 15) is 13.2 Å². The molecule has 1 N–H and O–H groups in total. The Morgan fingerprint density at radius 1 is 1.46 bits per heavy atom. The molecule has 0 aliphatic rings. The van der Waals surface area contributed by atoms with Crippen LogP contribution in [0.15, 0.2) is 17.2 Å². The van der Waals surface area contributed by atoms with Crippen molar-refractivity contribution in [1.29, 1.82) is 0 Å². The Labute approximate surface area is 143 Å². The van der Waals surface area contributed by atoms with Gasteiger partial charge in [-0.15, -0.1) is 0 Å². The van der Waals surface area contributed by atoms with Gasteiger partial charge in [0.25, 0.3) is 0 Å². The first-order valence-corrected chi connectivity index (χ1v) is 9.34. The van der Waals surface area contributed by atoms with Crippen LogP contribution in [0.2, 0.25) is 0 Å². The van der Waals surface area contributed by atoms with Crippen LogP contribution in [0.25, 0.3) is 5.57 Å². The van der Waals surface area contributed by atoms with E-state index in [0.717, 1.165) is 0 Å². The zero-order chi connectivity index (χ0) is 18.5. The normalized spacial score (nSPS) is 12.4. The van der Waals surface area contributed by atoms with Crippen molar-refractivity contribution in [3.05, 3.63) is 18.4 Å². The lowest BCUT2D eigenvalue weighted by Gasteiger charge is -2.23. The Balaban J connectivity index is 2.84. The Hall–Kier alpha value is -1.67. The standard InChI is InChI=1S/C16H26N2O5S/c1-11(2)7-8-24(20,21)16(4,5)15(19)17-14-9-13(23-18-14)12(3)10-22-6/h9,11H,3,7-8,10H2,1-2,4-6H3,(H,17,18,19). The van der Waals surface area contributed by atoms with Gasteiger partial charge in [-0.1, -0.05) is 25.6 Å². The second kappa shape index (κ2) is 7.94. The van der Waals surface area contributed by atoms with E-state index in [1.54, 1.807) is 0 Å². The third-order valence-electron chi connectivity index (χ3n) is 3.71. The van der Waals surface area contributed by atoms with Crippen LogP contribution in [0.1, 0.15) is 39.9 Å². The first-order chi connectivity index (χ1) is 11.0. The number of carbonyl (C=O) groups is 1. The van der Waals surface area contributed by atoms with E-state index in [0.29, 0.717) is 17.8 Å². The Bertz CT molecular complexity index is 689. The van der Waals surface area contributed by atoms with Crippen LogP contribution in [0.4, 0.5) is 5.82 Å². The number of hydrogen-bond donors (Lipinski definition) is 1. The molecule has 1 aromatic heterocycles. The molecule has 1 rings (SSSR count). The molecule has 0 aromatic carbocycles. The maximum Gasteiger partial charge on any atom is 0.246 e. The molecule has 0 saturated carbocycles. The van der Waals surface area contributed by atoms with Crippen molar-refractivity contribution < 1.29 is 22.5 Å². The van der Waals surface area contributed by atoms with Gasteiger partial charge in [-0.3, -0.25) is 4.79 Å². The summed E-state index contributed by atoms with van der Waals surface area (Å²) in [6.45, 7) is 10.7. The lowest BCUT2D eigenvalue weighted by atomic mass is 10.2. The molecular weight excluding hydrogens is 332 g/mol. The summed E-state index contributed by atoms with van der Waals surface area (Å²) in [6, 6.07) is 1.48. The van der Waals surface area contributed by atoms with Gasteiger partial charge in [0, 0.05) is 18.7 Å². The topological polar surface area (TPSA) is 98.5 Å². The zero-order valence-corrected chi connectivity index (χ0v) is 15.7. The number of carbonyl (C=O) groups excluding carboxylic acids is 1. The molecule has 1 aromatic rings. The van der Waals surface area contributed by atoms with Crippen molar-refractivity contribution in [2.45, 2.75) is 38.9 Å². The summed E-state index contributed by atoms with van der Waals surface area (Å²) in [7, 11) is -2.08. The highest BCUT2D eigenvalue weighted by Crippen LogP contribution is 2.23. The zero-order valence-electron chi connectivity index (χ0n) is 14.9. The molecule has 0 aliphatic carbocycles. The molecule has 0 bridgehead atoms. The molecule has 0 unspecified atom stereocenters. The van der Waals surface area contributed by atoms with Gasteiger partial charge >= 0.3 is 0 Å². The molecule has 1 heterocycles. The average molecular weight is 358 g/mol. The third-order valence-corrected chi connectivity index (χ3v) is 6.22. The molecule has 0 fully saturated rings. The second-order valence-corrected chi connectivity index (χ2v) is 9.24. The molecule has 0 spiro atoms. The van der Waals surface area contributed by atoms with Crippen molar-refractivity contribution in [3.8, 4) is 0 Å². The highest BCUT2D eigenvalue weighted by Gasteiger charge is 2.41. The van der Waals surface area contributed by atoms with E-state index in [2.05, 4.69) is 17.1 Å². The SMILES string of the molecule is C=C(COC)c1cc(NC(=O)C(C)(C)S(=O)(=O)CCC(C)C)no1. The maximum atomic E-state index is 12.5. The van der Waals surface area contributed by atoms with Gasteiger partial charge in [0.15, 0.2) is 21.4 Å². The number of amides is 1. The van der Waals surface area contributed by atoms with Crippen molar-refractivity contribution in [2.24, 2.45) is 5.92 Å². The predicted octanol–water partition coefficient (Wildman–Crippen LogP) is 2.51. The van der Waals surface area contributed by atoms with Crippen LogP contribution < -0.4 is 5.32 Å². The molecule has 0 aliphatic heterocycles. The molecule has 7 nitrogen and oxygen atoms in total. The third kappa shape index (κ3) is 4.91. The van der Waals surface area contributed by atoms with Crippen LogP contribution in [0.3, 0.4) is 0 Å². The van der Waals surface area contributed by atoms with Gasteiger partial charge in [0.2, 0.25) is 5.91 Å². The number of aromatic nitrogens is 1. The maximum absolute atomic E-state index is 12.5. The lowest BCUT2D eigenvalue weighted by molar-refractivity contribution is -0.117. The van der Waals surface area contributed by atoms with Crippen LogP contribution in [0, 0.1) is 5.92 Å². The van der Waals surface area contributed by atoms with E-state index in [1.807, 2.05) is 13.8 Å². The Morgan fingerprint density at radius 3 is 2.62 bits per heavy atom. The molecule has 24 heavy (non-hydrogen) atoms. The average Bonchev–Trinajstić information content (AvgIpc) is 2.94. The smallest absolute Gasteiger partial charge is 0.246 e. The van der Waals surface area contributed by atoms with E-state index in [-0.39, 0.29) is 24.1 Å². The summed E-state index contributed by atoms with van der Waals surface area (Å²) < 4.78 is 33.3. The van der Waals surface area contributed by atoms with Gasteiger partial charge < -0.3 is 14.6 Å². The summed E-state index contributed by atoms with van der Waals surface area (Å²) in [6.07, 6.45) is 0.504. The highest BCUT2D eigenvalue weighted by molar-refractivity contribution is 7.93. The van der Waals surface area contributed by atoms with Crippen molar-refractivity contribution in [3.63, 3.8) is 0 Å². The van der Waals surface area contributed by atoms with Gasteiger partial charge in [0.1, 0.15) is 4.75 Å². The van der Waals surface area contributed by atoms with E-state index >= 15 is 0 Å². The van der Waals surface area contributed by atoms with Gasteiger partial charge in [-0.05, 0) is 26.2 Å². The largest absolute Gasteiger partial charge is 0.380 e. The molecule has 0 atom stereocenters. The molecular formula is C16H26N2O5S. The molecule has 0 saturated heterocycles. The number of rotatable bonds is 9. The number of anilines is 1. The molecule has 136 valence electrons. The summed E-state index contributed by atoms with van der Waals surface area (Å²) in [5.41, 5.74) is 0.564. The quantitative estimate of drug-likeness (QED) is 0.728. The van der Waals surface area contributed by atoms with Crippen molar-refractivity contribution >= 4 is 27.1 Å². The highest BCUT2D eigenvalue weighted by atomic mass is 32.2. The molecule has 0 radical (unpaired) electrons.